The van der Waals surface area contributed by atoms with Crippen molar-refractivity contribution in [2.24, 2.45) is 0 Å². The number of piperidine rings is 1. The smallest absolute Gasteiger partial charge is 0.475 e. The number of carboxylic acids is 1. The number of amides is 1. The van der Waals surface area contributed by atoms with E-state index < -0.39 is 12.1 Å². The first-order chi connectivity index (χ1) is 14.2. The maximum Gasteiger partial charge on any atom is 0.490 e. The van der Waals surface area contributed by atoms with Crippen LogP contribution >= 0.6 is 0 Å². The van der Waals surface area contributed by atoms with Gasteiger partial charge >= 0.3 is 12.1 Å². The molecule has 1 atom stereocenters. The highest BCUT2D eigenvalue weighted by molar-refractivity contribution is 5.76. The van der Waals surface area contributed by atoms with Crippen LogP contribution in [-0.4, -0.2) is 78.4 Å². The summed E-state index contributed by atoms with van der Waals surface area (Å²) in [7, 11) is 1.76. The lowest BCUT2D eigenvalue weighted by Gasteiger charge is -2.57. The number of ether oxygens (including phenoxy) is 1. The Labute approximate surface area is 174 Å². The lowest BCUT2D eigenvalue weighted by molar-refractivity contribution is -0.192. The van der Waals surface area contributed by atoms with Crippen molar-refractivity contribution >= 4 is 11.9 Å². The molecule has 6 nitrogen and oxygen atoms in total. The van der Waals surface area contributed by atoms with E-state index in [1.807, 2.05) is 18.2 Å². The second kappa shape index (κ2) is 10.8. The van der Waals surface area contributed by atoms with Crippen molar-refractivity contribution in [1.82, 2.24) is 9.80 Å². The van der Waals surface area contributed by atoms with Gasteiger partial charge in [0.1, 0.15) is 0 Å². The summed E-state index contributed by atoms with van der Waals surface area (Å²) in [6.45, 7) is 4.75. The minimum absolute atomic E-state index is 0.235. The van der Waals surface area contributed by atoms with Gasteiger partial charge in [0, 0.05) is 45.2 Å². The molecule has 0 aliphatic carbocycles. The Morgan fingerprint density at radius 3 is 2.37 bits per heavy atom. The highest BCUT2D eigenvalue weighted by Gasteiger charge is 2.47. The number of carbonyl (C=O) groups excluding carboxylic acids is 1. The number of hydrogen-bond donors (Lipinski definition) is 1. The van der Waals surface area contributed by atoms with E-state index in [1.54, 1.807) is 7.11 Å². The molecule has 2 heterocycles. The number of likely N-dealkylation sites (tertiary alicyclic amines) is 2. The number of hydrogen-bond acceptors (Lipinski definition) is 4. The van der Waals surface area contributed by atoms with Gasteiger partial charge in [-0.05, 0) is 31.2 Å². The van der Waals surface area contributed by atoms with E-state index in [4.69, 9.17) is 14.6 Å². The van der Waals surface area contributed by atoms with E-state index in [-0.39, 0.29) is 5.54 Å². The molecule has 1 aromatic carbocycles. The van der Waals surface area contributed by atoms with Crippen molar-refractivity contribution in [1.29, 1.82) is 0 Å². The maximum atomic E-state index is 12.6. The SMILES string of the molecule is COCCN1CCC12CCCN(C(=O)CCc1ccccc1)C2.O=C(O)C(F)(F)F. The van der Waals surface area contributed by atoms with Crippen molar-refractivity contribution < 1.29 is 32.6 Å². The zero-order valence-electron chi connectivity index (χ0n) is 17.2. The molecule has 1 spiro atoms. The van der Waals surface area contributed by atoms with Gasteiger partial charge in [0.15, 0.2) is 0 Å². The average molecular weight is 430 g/mol. The fourth-order valence-electron chi connectivity index (χ4n) is 3.98. The van der Waals surface area contributed by atoms with E-state index in [9.17, 15) is 18.0 Å². The van der Waals surface area contributed by atoms with Crippen molar-refractivity contribution in [2.75, 3.05) is 39.9 Å². The van der Waals surface area contributed by atoms with Gasteiger partial charge in [-0.2, -0.15) is 13.2 Å². The first kappa shape index (κ1) is 24.1. The third-order valence-electron chi connectivity index (χ3n) is 5.70. The van der Waals surface area contributed by atoms with Gasteiger partial charge in [-0.25, -0.2) is 4.79 Å². The lowest BCUT2D eigenvalue weighted by atomic mass is 9.77. The fraction of sp³-hybridized carbons (Fsp3) is 0.619. The van der Waals surface area contributed by atoms with Crippen molar-refractivity contribution in [3.8, 4) is 0 Å². The Kier molecular flexibility index (Phi) is 8.66. The molecule has 1 N–H and O–H groups in total. The summed E-state index contributed by atoms with van der Waals surface area (Å²) in [5.41, 5.74) is 1.48. The van der Waals surface area contributed by atoms with Crippen LogP contribution in [0.3, 0.4) is 0 Å². The molecule has 0 saturated carbocycles. The normalized spacial score (nSPS) is 21.5. The van der Waals surface area contributed by atoms with E-state index in [1.165, 1.54) is 18.4 Å². The Balaban J connectivity index is 0.000000396. The third kappa shape index (κ3) is 6.70. The summed E-state index contributed by atoms with van der Waals surface area (Å²) >= 11 is 0. The van der Waals surface area contributed by atoms with Crippen LogP contribution in [0.1, 0.15) is 31.2 Å². The molecule has 2 aliphatic rings. The van der Waals surface area contributed by atoms with E-state index in [0.717, 1.165) is 45.6 Å². The number of carboxylic acid groups (broad SMARTS) is 1. The number of halogens is 3. The van der Waals surface area contributed by atoms with Crippen LogP contribution in [0.5, 0.6) is 0 Å². The van der Waals surface area contributed by atoms with E-state index >= 15 is 0 Å². The fourth-order valence-corrected chi connectivity index (χ4v) is 3.98. The Hall–Kier alpha value is -2.13. The minimum Gasteiger partial charge on any atom is -0.475 e. The highest BCUT2D eigenvalue weighted by Crippen LogP contribution is 2.38. The lowest BCUT2D eigenvalue weighted by Crippen LogP contribution is -2.67. The van der Waals surface area contributed by atoms with Crippen molar-refractivity contribution in [3.05, 3.63) is 35.9 Å². The monoisotopic (exact) mass is 430 g/mol. The highest BCUT2D eigenvalue weighted by atomic mass is 19.4. The van der Waals surface area contributed by atoms with Crippen LogP contribution in [0, 0.1) is 0 Å². The van der Waals surface area contributed by atoms with Gasteiger partial charge in [-0.3, -0.25) is 9.69 Å². The summed E-state index contributed by atoms with van der Waals surface area (Å²) in [5.74, 6) is -2.45. The minimum atomic E-state index is -5.08. The van der Waals surface area contributed by atoms with Gasteiger partial charge in [0.05, 0.1) is 6.61 Å². The predicted molar refractivity (Wildman–Crippen MR) is 105 cm³/mol. The van der Waals surface area contributed by atoms with Crippen molar-refractivity contribution in [2.45, 2.75) is 43.8 Å². The van der Waals surface area contributed by atoms with Gasteiger partial charge < -0.3 is 14.7 Å². The molecular formula is C21H29F3N2O4. The molecule has 2 fully saturated rings. The standard InChI is InChI=1S/C19H28N2O2.C2HF3O2/c1-23-15-14-21-13-11-19(21)10-5-12-20(16-19)18(22)9-8-17-6-3-2-4-7-17;3-2(4,5)1(6)7/h2-4,6-7H,5,8-16H2,1H3;(H,6,7). The number of nitrogens with zero attached hydrogens (tertiary/aromatic N) is 2. The largest absolute Gasteiger partial charge is 0.490 e. The number of alkyl halides is 3. The quantitative estimate of drug-likeness (QED) is 0.752. The van der Waals surface area contributed by atoms with E-state index in [2.05, 4.69) is 21.9 Å². The molecule has 1 aromatic rings. The molecule has 168 valence electrons. The summed E-state index contributed by atoms with van der Waals surface area (Å²) in [5, 5.41) is 7.12. The second-order valence-corrected chi connectivity index (χ2v) is 7.66. The Morgan fingerprint density at radius 1 is 1.17 bits per heavy atom. The average Bonchev–Trinajstić information content (AvgIpc) is 2.72. The Morgan fingerprint density at radius 2 is 1.83 bits per heavy atom. The van der Waals surface area contributed by atoms with Crippen LogP contribution in [0.2, 0.25) is 0 Å². The second-order valence-electron chi connectivity index (χ2n) is 7.66. The molecule has 1 amide bonds. The number of benzene rings is 1. The molecule has 1 unspecified atom stereocenters. The van der Waals surface area contributed by atoms with Gasteiger partial charge in [-0.1, -0.05) is 30.3 Å². The summed E-state index contributed by atoms with van der Waals surface area (Å²) < 4.78 is 37.0. The van der Waals surface area contributed by atoms with Crippen LogP contribution in [0.25, 0.3) is 0 Å². The number of carbonyl (C=O) groups is 2. The zero-order valence-corrected chi connectivity index (χ0v) is 17.2. The summed E-state index contributed by atoms with van der Waals surface area (Å²) in [6, 6.07) is 10.3. The third-order valence-corrected chi connectivity index (χ3v) is 5.70. The molecule has 3 rings (SSSR count). The van der Waals surface area contributed by atoms with Crippen LogP contribution in [0.15, 0.2) is 30.3 Å². The first-order valence-corrected chi connectivity index (χ1v) is 10.0. The van der Waals surface area contributed by atoms with Crippen LogP contribution in [-0.2, 0) is 20.7 Å². The van der Waals surface area contributed by atoms with Crippen LogP contribution < -0.4 is 0 Å². The molecular weight excluding hydrogens is 401 g/mol. The molecule has 2 aliphatic heterocycles. The molecule has 0 aromatic heterocycles. The maximum absolute atomic E-state index is 12.6. The van der Waals surface area contributed by atoms with Gasteiger partial charge in [0.2, 0.25) is 5.91 Å². The number of aryl methyl sites for hydroxylation is 1. The van der Waals surface area contributed by atoms with Crippen molar-refractivity contribution in [3.63, 3.8) is 0 Å². The molecule has 2 saturated heterocycles. The van der Waals surface area contributed by atoms with Gasteiger partial charge in [0.25, 0.3) is 0 Å². The van der Waals surface area contributed by atoms with Crippen LogP contribution in [0.4, 0.5) is 13.2 Å². The summed E-state index contributed by atoms with van der Waals surface area (Å²) in [6.07, 6.45) is -0.0480. The molecule has 9 heteroatoms. The number of aliphatic carboxylic acids is 1. The predicted octanol–water partition coefficient (Wildman–Crippen LogP) is 2.97. The Bertz CT molecular complexity index is 699. The number of rotatable bonds is 6. The molecule has 30 heavy (non-hydrogen) atoms. The topological polar surface area (TPSA) is 70.1 Å². The molecule has 0 radical (unpaired) electrons. The van der Waals surface area contributed by atoms with E-state index in [0.29, 0.717) is 12.3 Å². The first-order valence-electron chi connectivity index (χ1n) is 10.0. The summed E-state index contributed by atoms with van der Waals surface area (Å²) in [4.78, 5) is 26.1. The molecule has 0 bridgehead atoms. The zero-order chi connectivity index (χ0) is 22.2. The van der Waals surface area contributed by atoms with Gasteiger partial charge in [-0.15, -0.1) is 0 Å². The number of methoxy groups -OCH3 is 1.